The lowest BCUT2D eigenvalue weighted by Crippen LogP contribution is -2.04. The summed E-state index contributed by atoms with van der Waals surface area (Å²) in [5.41, 5.74) is 2.71. The lowest BCUT2D eigenvalue weighted by atomic mass is 9.95. The SMILES string of the molecule is O=C(O)c1cc2ccc1CCCCCCCCCC2. The smallest absolute Gasteiger partial charge is 0.335 e. The van der Waals surface area contributed by atoms with Crippen molar-refractivity contribution in [3.8, 4) is 0 Å². The summed E-state index contributed by atoms with van der Waals surface area (Å²) in [5.74, 6) is -0.774. The highest BCUT2D eigenvalue weighted by Gasteiger charge is 2.11. The molecule has 2 nitrogen and oxygen atoms in total. The van der Waals surface area contributed by atoms with Crippen LogP contribution in [0.1, 0.15) is 72.9 Å². The maximum Gasteiger partial charge on any atom is 0.335 e. The largest absolute Gasteiger partial charge is 0.478 e. The molecule has 0 aliphatic heterocycles. The third-order valence-corrected chi connectivity index (χ3v) is 4.07. The van der Waals surface area contributed by atoms with Crippen LogP contribution in [0.4, 0.5) is 0 Å². The fourth-order valence-corrected chi connectivity index (χ4v) is 2.90. The molecule has 0 saturated heterocycles. The summed E-state index contributed by atoms with van der Waals surface area (Å²) < 4.78 is 0. The molecule has 0 radical (unpaired) electrons. The quantitative estimate of drug-likeness (QED) is 0.801. The van der Waals surface area contributed by atoms with Gasteiger partial charge in [-0.3, -0.25) is 0 Å². The molecule has 0 amide bonds. The molecule has 0 saturated carbocycles. The Morgan fingerprint density at radius 1 is 0.842 bits per heavy atom. The molecule has 3 rings (SSSR count). The van der Waals surface area contributed by atoms with E-state index in [4.69, 9.17) is 0 Å². The van der Waals surface area contributed by atoms with E-state index in [1.165, 1.54) is 50.5 Å². The van der Waals surface area contributed by atoms with Crippen molar-refractivity contribution in [1.29, 1.82) is 0 Å². The van der Waals surface area contributed by atoms with Crippen molar-refractivity contribution in [3.05, 3.63) is 34.9 Å². The van der Waals surface area contributed by atoms with E-state index < -0.39 is 5.97 Å². The minimum Gasteiger partial charge on any atom is -0.478 e. The predicted octanol–water partition coefficient (Wildman–Crippen LogP) is 4.60. The van der Waals surface area contributed by atoms with Crippen molar-refractivity contribution >= 4 is 5.97 Å². The number of hydrogen-bond donors (Lipinski definition) is 1. The minimum absolute atomic E-state index is 0.523. The van der Waals surface area contributed by atoms with Crippen LogP contribution in [-0.4, -0.2) is 11.1 Å². The highest BCUT2D eigenvalue weighted by Crippen LogP contribution is 2.19. The molecule has 2 heteroatoms. The zero-order valence-corrected chi connectivity index (χ0v) is 11.7. The number of carbonyl (C=O) groups is 1. The molecule has 1 aromatic carbocycles. The zero-order chi connectivity index (χ0) is 13.5. The van der Waals surface area contributed by atoms with Gasteiger partial charge in [0.05, 0.1) is 5.56 Å². The van der Waals surface area contributed by atoms with Gasteiger partial charge in [-0.15, -0.1) is 0 Å². The number of hydrogen-bond acceptors (Lipinski definition) is 1. The van der Waals surface area contributed by atoms with E-state index in [9.17, 15) is 9.90 Å². The first-order valence-corrected chi connectivity index (χ1v) is 7.62. The summed E-state index contributed by atoms with van der Waals surface area (Å²) in [6.07, 6.45) is 12.0. The fraction of sp³-hybridized carbons (Fsp3) is 0.588. The molecule has 0 fully saturated rings. The molecular weight excluding hydrogens is 236 g/mol. The molecule has 19 heavy (non-hydrogen) atoms. The van der Waals surface area contributed by atoms with Crippen LogP contribution in [0, 0.1) is 0 Å². The Morgan fingerprint density at radius 2 is 1.42 bits per heavy atom. The standard InChI is InChI=1S/C17H24O2/c18-17(19)16-13-14-9-7-5-3-1-2-4-6-8-10-15(16)12-11-14/h11-13H,1-10H2,(H,18,19). The molecule has 0 spiro atoms. The van der Waals surface area contributed by atoms with Crippen LogP contribution in [0.15, 0.2) is 18.2 Å². The van der Waals surface area contributed by atoms with Gasteiger partial charge in [-0.2, -0.15) is 0 Å². The number of benzene rings is 1. The molecule has 104 valence electrons. The zero-order valence-electron chi connectivity index (χ0n) is 11.7. The number of aryl methyl sites for hydroxylation is 2. The fourth-order valence-electron chi connectivity index (χ4n) is 2.90. The van der Waals surface area contributed by atoms with Crippen LogP contribution in [0.3, 0.4) is 0 Å². The van der Waals surface area contributed by atoms with Crippen LogP contribution >= 0.6 is 0 Å². The van der Waals surface area contributed by atoms with Gasteiger partial charge in [0, 0.05) is 0 Å². The summed E-state index contributed by atoms with van der Waals surface area (Å²) >= 11 is 0. The Hall–Kier alpha value is -1.31. The average molecular weight is 260 g/mol. The van der Waals surface area contributed by atoms with E-state index in [0.29, 0.717) is 5.56 Å². The third-order valence-electron chi connectivity index (χ3n) is 4.07. The molecule has 2 aliphatic carbocycles. The first kappa shape index (κ1) is 14.1. The van der Waals surface area contributed by atoms with Crippen molar-refractivity contribution in [2.75, 3.05) is 0 Å². The van der Waals surface area contributed by atoms with Crippen molar-refractivity contribution in [1.82, 2.24) is 0 Å². The number of carboxylic acid groups (broad SMARTS) is 1. The second-order valence-corrected chi connectivity index (χ2v) is 5.63. The summed E-state index contributed by atoms with van der Waals surface area (Å²) in [7, 11) is 0. The summed E-state index contributed by atoms with van der Waals surface area (Å²) in [4.78, 5) is 11.3. The van der Waals surface area contributed by atoms with Crippen LogP contribution < -0.4 is 0 Å². The number of aromatic carboxylic acids is 1. The first-order valence-electron chi connectivity index (χ1n) is 7.62. The Morgan fingerprint density at radius 3 is 2.05 bits per heavy atom. The van der Waals surface area contributed by atoms with Gasteiger partial charge in [-0.05, 0) is 42.9 Å². The molecule has 2 bridgehead atoms. The van der Waals surface area contributed by atoms with Crippen molar-refractivity contribution in [2.45, 2.75) is 64.2 Å². The molecule has 0 aromatic heterocycles. The van der Waals surface area contributed by atoms with Crippen LogP contribution in [-0.2, 0) is 12.8 Å². The first-order chi connectivity index (χ1) is 9.27. The summed E-state index contributed by atoms with van der Waals surface area (Å²) in [6.45, 7) is 0. The van der Waals surface area contributed by atoms with E-state index >= 15 is 0 Å². The monoisotopic (exact) mass is 260 g/mol. The number of carboxylic acids is 1. The highest BCUT2D eigenvalue weighted by atomic mass is 16.4. The Bertz CT molecular complexity index is 423. The molecular formula is C17H24O2. The maximum absolute atomic E-state index is 11.3. The minimum atomic E-state index is -0.774. The summed E-state index contributed by atoms with van der Waals surface area (Å²) in [6, 6.07) is 6.04. The topological polar surface area (TPSA) is 37.3 Å². The molecule has 1 aromatic rings. The van der Waals surface area contributed by atoms with Gasteiger partial charge in [-0.1, -0.05) is 50.7 Å². The van der Waals surface area contributed by atoms with E-state index in [2.05, 4.69) is 6.07 Å². The van der Waals surface area contributed by atoms with Crippen molar-refractivity contribution in [2.24, 2.45) is 0 Å². The van der Waals surface area contributed by atoms with Gasteiger partial charge in [0.2, 0.25) is 0 Å². The summed E-state index contributed by atoms with van der Waals surface area (Å²) in [5, 5.41) is 9.33. The Kier molecular flexibility index (Phi) is 5.44. The van der Waals surface area contributed by atoms with E-state index in [0.717, 1.165) is 24.8 Å². The van der Waals surface area contributed by atoms with Crippen LogP contribution in [0.25, 0.3) is 0 Å². The maximum atomic E-state index is 11.3. The Balaban J connectivity index is 2.15. The van der Waals surface area contributed by atoms with E-state index in [1.807, 2.05) is 12.1 Å². The van der Waals surface area contributed by atoms with Gasteiger partial charge >= 0.3 is 5.97 Å². The number of fused-ring (bicyclic) bond motifs is 11. The van der Waals surface area contributed by atoms with Gasteiger partial charge in [0.15, 0.2) is 0 Å². The lowest BCUT2D eigenvalue weighted by molar-refractivity contribution is 0.0695. The van der Waals surface area contributed by atoms with Gasteiger partial charge in [0.25, 0.3) is 0 Å². The molecule has 0 atom stereocenters. The third kappa shape index (κ3) is 4.38. The second kappa shape index (κ2) is 7.32. The van der Waals surface area contributed by atoms with Crippen LogP contribution in [0.5, 0.6) is 0 Å². The lowest BCUT2D eigenvalue weighted by Gasteiger charge is -2.10. The molecule has 0 heterocycles. The average Bonchev–Trinajstić information content (AvgIpc) is 2.41. The van der Waals surface area contributed by atoms with Crippen molar-refractivity contribution in [3.63, 3.8) is 0 Å². The van der Waals surface area contributed by atoms with Gasteiger partial charge < -0.3 is 5.11 Å². The predicted molar refractivity (Wildman–Crippen MR) is 77.7 cm³/mol. The molecule has 1 N–H and O–H groups in total. The highest BCUT2D eigenvalue weighted by molar-refractivity contribution is 5.89. The van der Waals surface area contributed by atoms with Crippen LogP contribution in [0.2, 0.25) is 0 Å². The van der Waals surface area contributed by atoms with Gasteiger partial charge in [0.1, 0.15) is 0 Å². The number of rotatable bonds is 1. The van der Waals surface area contributed by atoms with Gasteiger partial charge in [-0.25, -0.2) is 4.79 Å². The molecule has 2 aliphatic rings. The Labute approximate surface area is 115 Å². The normalized spacial score (nSPS) is 17.9. The molecule has 0 unspecified atom stereocenters. The second-order valence-electron chi connectivity index (χ2n) is 5.63. The van der Waals surface area contributed by atoms with E-state index in [-0.39, 0.29) is 0 Å². The van der Waals surface area contributed by atoms with Crippen molar-refractivity contribution < 1.29 is 9.90 Å². The van der Waals surface area contributed by atoms with E-state index in [1.54, 1.807) is 0 Å².